The van der Waals surface area contributed by atoms with Gasteiger partial charge in [-0.05, 0) is 50.1 Å². The van der Waals surface area contributed by atoms with E-state index in [1.165, 1.54) is 70.0 Å². The highest BCUT2D eigenvalue weighted by molar-refractivity contribution is 4.99. The summed E-state index contributed by atoms with van der Waals surface area (Å²) < 4.78 is 2.22. The van der Waals surface area contributed by atoms with Crippen LogP contribution < -0.4 is 5.32 Å². The molecule has 2 saturated carbocycles. The zero-order chi connectivity index (χ0) is 14.5. The van der Waals surface area contributed by atoms with Gasteiger partial charge >= 0.3 is 0 Å². The Morgan fingerprint density at radius 1 is 1.10 bits per heavy atom. The van der Waals surface area contributed by atoms with Gasteiger partial charge in [-0.15, -0.1) is 0 Å². The van der Waals surface area contributed by atoms with Crippen LogP contribution in [0.3, 0.4) is 0 Å². The average molecular weight is 289 g/mol. The van der Waals surface area contributed by atoms with E-state index >= 15 is 0 Å². The van der Waals surface area contributed by atoms with E-state index in [0.29, 0.717) is 6.04 Å². The van der Waals surface area contributed by atoms with E-state index in [9.17, 15) is 0 Å². The van der Waals surface area contributed by atoms with Crippen LogP contribution in [0.5, 0.6) is 0 Å². The fourth-order valence-corrected chi connectivity index (χ4v) is 3.96. The second kappa shape index (κ2) is 7.44. The van der Waals surface area contributed by atoms with Crippen LogP contribution >= 0.6 is 0 Å². The zero-order valence-corrected chi connectivity index (χ0v) is 13.6. The summed E-state index contributed by atoms with van der Waals surface area (Å²) in [6, 6.07) is 2.86. The average Bonchev–Trinajstić information content (AvgIpc) is 2.99. The lowest BCUT2D eigenvalue weighted by Crippen LogP contribution is -2.26. The second-order valence-corrected chi connectivity index (χ2v) is 7.34. The molecule has 1 aromatic heterocycles. The van der Waals surface area contributed by atoms with Crippen molar-refractivity contribution in [3.05, 3.63) is 18.0 Å². The lowest BCUT2D eigenvalue weighted by molar-refractivity contribution is 0.281. The molecular weight excluding hydrogens is 258 g/mol. The highest BCUT2D eigenvalue weighted by Gasteiger charge is 2.18. The molecule has 3 nitrogen and oxygen atoms in total. The summed E-state index contributed by atoms with van der Waals surface area (Å²) in [5, 5.41) is 8.41. The van der Waals surface area contributed by atoms with Gasteiger partial charge in [-0.3, -0.25) is 4.68 Å². The SMILES string of the molecule is CC1CCC(CNCc2ccn(C3CCCCC3)n2)CC1. The fraction of sp³-hybridized carbons (Fsp3) is 0.833. The Bertz CT molecular complexity index is 412. The van der Waals surface area contributed by atoms with Gasteiger partial charge in [0.1, 0.15) is 0 Å². The highest BCUT2D eigenvalue weighted by Crippen LogP contribution is 2.28. The molecule has 0 spiro atoms. The monoisotopic (exact) mass is 289 g/mol. The number of nitrogens with one attached hydrogen (secondary N) is 1. The number of hydrogen-bond acceptors (Lipinski definition) is 2. The molecule has 0 saturated heterocycles. The molecule has 1 heterocycles. The molecule has 0 amide bonds. The molecule has 2 aliphatic rings. The van der Waals surface area contributed by atoms with Crippen molar-refractivity contribution in [1.29, 1.82) is 0 Å². The lowest BCUT2D eigenvalue weighted by atomic mass is 9.83. The molecular formula is C18H31N3. The van der Waals surface area contributed by atoms with E-state index in [1.54, 1.807) is 0 Å². The van der Waals surface area contributed by atoms with Gasteiger partial charge in [0.25, 0.3) is 0 Å². The molecule has 2 fully saturated rings. The number of hydrogen-bond donors (Lipinski definition) is 1. The topological polar surface area (TPSA) is 29.9 Å². The number of rotatable bonds is 5. The molecule has 3 heteroatoms. The Kier molecular flexibility index (Phi) is 5.34. The van der Waals surface area contributed by atoms with Crippen molar-refractivity contribution >= 4 is 0 Å². The van der Waals surface area contributed by atoms with Crippen LogP contribution in [0.2, 0.25) is 0 Å². The molecule has 0 radical (unpaired) electrons. The Morgan fingerprint density at radius 3 is 2.62 bits per heavy atom. The number of nitrogens with zero attached hydrogens (tertiary/aromatic N) is 2. The Morgan fingerprint density at radius 2 is 1.86 bits per heavy atom. The molecule has 1 aromatic rings. The third-order valence-electron chi connectivity index (χ3n) is 5.49. The van der Waals surface area contributed by atoms with Gasteiger partial charge in [0, 0.05) is 12.7 Å². The van der Waals surface area contributed by atoms with E-state index in [0.717, 1.165) is 18.4 Å². The van der Waals surface area contributed by atoms with E-state index in [-0.39, 0.29) is 0 Å². The van der Waals surface area contributed by atoms with Gasteiger partial charge in [-0.25, -0.2) is 0 Å². The number of aromatic nitrogens is 2. The summed E-state index contributed by atoms with van der Waals surface area (Å²) in [5.74, 6) is 1.84. The summed E-state index contributed by atoms with van der Waals surface area (Å²) in [7, 11) is 0. The highest BCUT2D eigenvalue weighted by atomic mass is 15.3. The minimum Gasteiger partial charge on any atom is -0.311 e. The summed E-state index contributed by atoms with van der Waals surface area (Å²) in [6.45, 7) is 4.50. The third-order valence-corrected chi connectivity index (χ3v) is 5.49. The first-order chi connectivity index (χ1) is 10.3. The van der Waals surface area contributed by atoms with Gasteiger partial charge in [-0.2, -0.15) is 5.10 Å². The summed E-state index contributed by atoms with van der Waals surface area (Å²) >= 11 is 0. The molecule has 2 aliphatic carbocycles. The molecule has 0 aromatic carbocycles. The van der Waals surface area contributed by atoms with E-state index in [4.69, 9.17) is 5.10 Å². The van der Waals surface area contributed by atoms with Crippen LogP contribution in [-0.4, -0.2) is 16.3 Å². The summed E-state index contributed by atoms with van der Waals surface area (Å²) in [4.78, 5) is 0. The van der Waals surface area contributed by atoms with Gasteiger partial charge in [0.05, 0.1) is 11.7 Å². The molecule has 0 atom stereocenters. The van der Waals surface area contributed by atoms with Crippen molar-refractivity contribution in [2.75, 3.05) is 6.54 Å². The van der Waals surface area contributed by atoms with E-state index in [1.807, 2.05) is 0 Å². The van der Waals surface area contributed by atoms with Crippen molar-refractivity contribution < 1.29 is 0 Å². The molecule has 1 N–H and O–H groups in total. The van der Waals surface area contributed by atoms with Crippen LogP contribution in [0.25, 0.3) is 0 Å². The zero-order valence-electron chi connectivity index (χ0n) is 13.6. The molecule has 0 unspecified atom stereocenters. The molecule has 3 rings (SSSR count). The minimum atomic E-state index is 0.660. The molecule has 0 bridgehead atoms. The van der Waals surface area contributed by atoms with Crippen LogP contribution in [0.1, 0.15) is 76.4 Å². The molecule has 118 valence electrons. The van der Waals surface area contributed by atoms with Crippen molar-refractivity contribution in [3.8, 4) is 0 Å². The predicted molar refractivity (Wildman–Crippen MR) is 87.2 cm³/mol. The van der Waals surface area contributed by atoms with Crippen molar-refractivity contribution in [1.82, 2.24) is 15.1 Å². The fourth-order valence-electron chi connectivity index (χ4n) is 3.96. The first kappa shape index (κ1) is 15.1. The standard InChI is InChI=1S/C18H31N3/c1-15-7-9-16(10-8-15)13-19-14-17-11-12-21(20-17)18-5-3-2-4-6-18/h11-12,15-16,18-19H,2-10,13-14H2,1H3. The maximum absolute atomic E-state index is 4.78. The van der Waals surface area contributed by atoms with Gasteiger partial charge < -0.3 is 5.32 Å². The lowest BCUT2D eigenvalue weighted by Gasteiger charge is -2.26. The summed E-state index contributed by atoms with van der Waals surface area (Å²) in [6.07, 6.45) is 14.6. The maximum Gasteiger partial charge on any atom is 0.0762 e. The van der Waals surface area contributed by atoms with Crippen LogP contribution in [0.4, 0.5) is 0 Å². The minimum absolute atomic E-state index is 0.660. The van der Waals surface area contributed by atoms with Gasteiger partial charge in [0.2, 0.25) is 0 Å². The van der Waals surface area contributed by atoms with Crippen molar-refractivity contribution in [2.24, 2.45) is 11.8 Å². The Balaban J connectivity index is 1.40. The normalized spacial score (nSPS) is 27.9. The first-order valence-electron chi connectivity index (χ1n) is 9.06. The largest absolute Gasteiger partial charge is 0.311 e. The first-order valence-corrected chi connectivity index (χ1v) is 9.06. The van der Waals surface area contributed by atoms with E-state index < -0.39 is 0 Å². The smallest absolute Gasteiger partial charge is 0.0762 e. The maximum atomic E-state index is 4.78. The quantitative estimate of drug-likeness (QED) is 0.875. The second-order valence-electron chi connectivity index (χ2n) is 7.34. The Labute approximate surface area is 129 Å². The molecule has 21 heavy (non-hydrogen) atoms. The third kappa shape index (κ3) is 4.32. The van der Waals surface area contributed by atoms with Crippen LogP contribution in [-0.2, 0) is 6.54 Å². The Hall–Kier alpha value is -0.830. The van der Waals surface area contributed by atoms with E-state index in [2.05, 4.69) is 29.2 Å². The van der Waals surface area contributed by atoms with Gasteiger partial charge in [-0.1, -0.05) is 39.0 Å². The molecule has 0 aliphatic heterocycles. The summed E-state index contributed by atoms with van der Waals surface area (Å²) in [5.41, 5.74) is 1.21. The van der Waals surface area contributed by atoms with Crippen molar-refractivity contribution in [2.45, 2.75) is 77.3 Å². The van der Waals surface area contributed by atoms with Crippen molar-refractivity contribution in [3.63, 3.8) is 0 Å². The predicted octanol–water partition coefficient (Wildman–Crippen LogP) is 4.30. The van der Waals surface area contributed by atoms with Crippen LogP contribution in [0.15, 0.2) is 12.3 Å². The van der Waals surface area contributed by atoms with Crippen LogP contribution in [0, 0.1) is 11.8 Å². The van der Waals surface area contributed by atoms with Gasteiger partial charge in [0.15, 0.2) is 0 Å².